The highest BCUT2D eigenvalue weighted by Crippen LogP contribution is 2.02. The smallest absolute Gasteiger partial charge is 0.317 e. The average molecular weight is 214 g/mol. The molecule has 3 heteroatoms. The number of urea groups is 1. The van der Waals surface area contributed by atoms with Crippen LogP contribution in [0.25, 0.3) is 0 Å². The van der Waals surface area contributed by atoms with Crippen LogP contribution in [-0.4, -0.2) is 31.1 Å². The number of hydrogen-bond donors (Lipinski definition) is 1. The molecule has 0 aromatic heterocycles. The standard InChI is InChI=1S/C12H26N2O/c1-4-6-8-10-14(12(15)13-3)11-9-7-5-2/h4-11H2,1-3H3,(H,13,15). The number of rotatable bonds is 8. The van der Waals surface area contributed by atoms with Crippen LogP contribution in [0.5, 0.6) is 0 Å². The zero-order valence-corrected chi connectivity index (χ0v) is 10.5. The van der Waals surface area contributed by atoms with E-state index in [1.165, 1.54) is 25.7 Å². The van der Waals surface area contributed by atoms with Crippen molar-refractivity contribution in [3.8, 4) is 0 Å². The fourth-order valence-corrected chi connectivity index (χ4v) is 1.58. The minimum absolute atomic E-state index is 0.0715. The number of nitrogens with one attached hydrogen (secondary N) is 1. The molecule has 0 fully saturated rings. The van der Waals surface area contributed by atoms with Crippen LogP contribution in [0.2, 0.25) is 0 Å². The molecule has 1 N–H and O–H groups in total. The molecule has 0 atom stereocenters. The third-order valence-electron chi connectivity index (χ3n) is 2.56. The molecular formula is C12H26N2O. The van der Waals surface area contributed by atoms with Crippen molar-refractivity contribution in [3.05, 3.63) is 0 Å². The molecule has 90 valence electrons. The molecule has 0 unspecified atom stereocenters. The van der Waals surface area contributed by atoms with E-state index < -0.39 is 0 Å². The Morgan fingerprint density at radius 2 is 1.47 bits per heavy atom. The van der Waals surface area contributed by atoms with Crippen molar-refractivity contribution in [2.45, 2.75) is 52.4 Å². The molecule has 3 nitrogen and oxygen atoms in total. The van der Waals surface area contributed by atoms with E-state index in [9.17, 15) is 4.79 Å². The van der Waals surface area contributed by atoms with Crippen molar-refractivity contribution in [2.75, 3.05) is 20.1 Å². The van der Waals surface area contributed by atoms with Gasteiger partial charge in [-0.25, -0.2) is 4.79 Å². The zero-order chi connectivity index (χ0) is 11.5. The van der Waals surface area contributed by atoms with Crippen LogP contribution in [0.3, 0.4) is 0 Å². The summed E-state index contributed by atoms with van der Waals surface area (Å²) in [6.07, 6.45) is 7.07. The summed E-state index contributed by atoms with van der Waals surface area (Å²) in [6, 6.07) is 0.0715. The molecule has 0 aliphatic rings. The summed E-state index contributed by atoms with van der Waals surface area (Å²) in [5.74, 6) is 0. The number of carbonyl (C=O) groups excluding carboxylic acids is 1. The van der Waals surface area contributed by atoms with Crippen molar-refractivity contribution in [1.29, 1.82) is 0 Å². The Morgan fingerprint density at radius 1 is 1.00 bits per heavy atom. The average Bonchev–Trinajstić information content (AvgIpc) is 2.26. The van der Waals surface area contributed by atoms with Gasteiger partial charge in [-0.2, -0.15) is 0 Å². The van der Waals surface area contributed by atoms with Gasteiger partial charge in [-0.05, 0) is 12.8 Å². The van der Waals surface area contributed by atoms with Gasteiger partial charge in [-0.3, -0.25) is 0 Å². The van der Waals surface area contributed by atoms with Gasteiger partial charge < -0.3 is 10.2 Å². The van der Waals surface area contributed by atoms with Crippen LogP contribution in [0, 0.1) is 0 Å². The Morgan fingerprint density at radius 3 is 1.80 bits per heavy atom. The largest absolute Gasteiger partial charge is 0.341 e. The van der Waals surface area contributed by atoms with Gasteiger partial charge in [0.1, 0.15) is 0 Å². The molecule has 2 amide bonds. The Balaban J connectivity index is 3.79. The van der Waals surface area contributed by atoms with Crippen molar-refractivity contribution in [2.24, 2.45) is 0 Å². The summed E-state index contributed by atoms with van der Waals surface area (Å²) in [5, 5.41) is 2.71. The van der Waals surface area contributed by atoms with Crippen molar-refractivity contribution >= 4 is 6.03 Å². The van der Waals surface area contributed by atoms with E-state index in [2.05, 4.69) is 19.2 Å². The van der Waals surface area contributed by atoms with Crippen LogP contribution < -0.4 is 5.32 Å². The summed E-state index contributed by atoms with van der Waals surface area (Å²) in [6.45, 7) is 6.16. The highest BCUT2D eigenvalue weighted by Gasteiger charge is 2.09. The lowest BCUT2D eigenvalue weighted by molar-refractivity contribution is 0.197. The number of unbranched alkanes of at least 4 members (excludes halogenated alkanes) is 4. The van der Waals surface area contributed by atoms with E-state index in [1.54, 1.807) is 7.05 Å². The van der Waals surface area contributed by atoms with E-state index in [1.807, 2.05) is 4.90 Å². The number of hydrogen-bond acceptors (Lipinski definition) is 1. The first-order valence-corrected chi connectivity index (χ1v) is 6.22. The van der Waals surface area contributed by atoms with E-state index in [0.29, 0.717) is 0 Å². The molecule has 0 radical (unpaired) electrons. The second-order valence-corrected chi connectivity index (χ2v) is 3.96. The number of carbonyl (C=O) groups is 1. The van der Waals surface area contributed by atoms with Gasteiger partial charge in [-0.1, -0.05) is 39.5 Å². The Labute approximate surface area is 94.2 Å². The van der Waals surface area contributed by atoms with Crippen molar-refractivity contribution in [1.82, 2.24) is 10.2 Å². The minimum Gasteiger partial charge on any atom is -0.341 e. The molecule has 0 spiro atoms. The summed E-state index contributed by atoms with van der Waals surface area (Å²) in [4.78, 5) is 13.5. The van der Waals surface area contributed by atoms with Crippen molar-refractivity contribution < 1.29 is 4.79 Å². The minimum atomic E-state index is 0.0715. The van der Waals surface area contributed by atoms with Gasteiger partial charge in [0.15, 0.2) is 0 Å². The van der Waals surface area contributed by atoms with Gasteiger partial charge in [0, 0.05) is 20.1 Å². The highest BCUT2D eigenvalue weighted by atomic mass is 16.2. The van der Waals surface area contributed by atoms with Crippen molar-refractivity contribution in [3.63, 3.8) is 0 Å². The molecule has 0 rings (SSSR count). The van der Waals surface area contributed by atoms with E-state index in [4.69, 9.17) is 0 Å². The molecular weight excluding hydrogens is 188 g/mol. The summed E-state index contributed by atoms with van der Waals surface area (Å²) in [5.41, 5.74) is 0. The Bertz CT molecular complexity index is 150. The number of nitrogens with zero attached hydrogens (tertiary/aromatic N) is 1. The molecule has 15 heavy (non-hydrogen) atoms. The lowest BCUT2D eigenvalue weighted by atomic mass is 10.2. The third kappa shape index (κ3) is 7.23. The molecule has 0 aliphatic heterocycles. The summed E-state index contributed by atoms with van der Waals surface area (Å²) >= 11 is 0. The second kappa shape index (κ2) is 9.81. The zero-order valence-electron chi connectivity index (χ0n) is 10.5. The lowest BCUT2D eigenvalue weighted by Crippen LogP contribution is -2.39. The topological polar surface area (TPSA) is 32.3 Å². The lowest BCUT2D eigenvalue weighted by Gasteiger charge is -2.21. The molecule has 0 aromatic carbocycles. The summed E-state index contributed by atoms with van der Waals surface area (Å²) < 4.78 is 0. The third-order valence-corrected chi connectivity index (χ3v) is 2.56. The second-order valence-electron chi connectivity index (χ2n) is 3.96. The SMILES string of the molecule is CCCCCN(CCCCC)C(=O)NC. The van der Waals surface area contributed by atoms with Crippen LogP contribution >= 0.6 is 0 Å². The molecule has 0 saturated carbocycles. The van der Waals surface area contributed by atoms with Gasteiger partial charge >= 0.3 is 6.03 Å². The number of amides is 2. The first kappa shape index (κ1) is 14.3. The highest BCUT2D eigenvalue weighted by molar-refractivity contribution is 5.73. The normalized spacial score (nSPS) is 10.1. The quantitative estimate of drug-likeness (QED) is 0.619. The first-order chi connectivity index (χ1) is 7.26. The maximum atomic E-state index is 11.5. The van der Waals surface area contributed by atoms with Crippen LogP contribution in [0.15, 0.2) is 0 Å². The van der Waals surface area contributed by atoms with Gasteiger partial charge in [0.25, 0.3) is 0 Å². The fraction of sp³-hybridized carbons (Fsp3) is 0.917. The van der Waals surface area contributed by atoms with Gasteiger partial charge in [0.2, 0.25) is 0 Å². The van der Waals surface area contributed by atoms with E-state index in [0.717, 1.165) is 25.9 Å². The molecule has 0 aromatic rings. The fourth-order valence-electron chi connectivity index (χ4n) is 1.58. The maximum Gasteiger partial charge on any atom is 0.317 e. The van der Waals surface area contributed by atoms with Crippen LogP contribution in [-0.2, 0) is 0 Å². The van der Waals surface area contributed by atoms with E-state index in [-0.39, 0.29) is 6.03 Å². The van der Waals surface area contributed by atoms with Gasteiger partial charge in [-0.15, -0.1) is 0 Å². The Kier molecular flexibility index (Phi) is 9.33. The first-order valence-electron chi connectivity index (χ1n) is 6.22. The van der Waals surface area contributed by atoms with E-state index >= 15 is 0 Å². The predicted octanol–water partition coefficient (Wildman–Crippen LogP) is 3.01. The maximum absolute atomic E-state index is 11.5. The molecule has 0 saturated heterocycles. The molecule has 0 heterocycles. The molecule has 0 bridgehead atoms. The van der Waals surface area contributed by atoms with Gasteiger partial charge in [0.05, 0.1) is 0 Å². The predicted molar refractivity (Wildman–Crippen MR) is 65.1 cm³/mol. The summed E-state index contributed by atoms with van der Waals surface area (Å²) in [7, 11) is 1.70. The Hall–Kier alpha value is -0.730. The monoisotopic (exact) mass is 214 g/mol. The van der Waals surface area contributed by atoms with Crippen LogP contribution in [0.1, 0.15) is 52.4 Å². The van der Waals surface area contributed by atoms with Crippen LogP contribution in [0.4, 0.5) is 4.79 Å². The molecule has 0 aliphatic carbocycles.